The lowest BCUT2D eigenvalue weighted by molar-refractivity contribution is -0.137. The van der Waals surface area contributed by atoms with Gasteiger partial charge in [-0.1, -0.05) is 0 Å². The van der Waals surface area contributed by atoms with Crippen LogP contribution in [0.5, 0.6) is 0 Å². The molecule has 1 aromatic rings. The van der Waals surface area contributed by atoms with Crippen LogP contribution in [-0.2, 0) is 20.9 Å². The summed E-state index contributed by atoms with van der Waals surface area (Å²) in [4.78, 5) is 33.5. The highest BCUT2D eigenvalue weighted by atomic mass is 16.5. The van der Waals surface area contributed by atoms with Crippen molar-refractivity contribution >= 4 is 17.8 Å². The van der Waals surface area contributed by atoms with Crippen LogP contribution in [0.15, 0.2) is 24.0 Å². The second-order valence-corrected chi connectivity index (χ2v) is 4.15. The van der Waals surface area contributed by atoms with Crippen molar-refractivity contribution in [3.8, 4) is 0 Å². The highest BCUT2D eigenvalue weighted by molar-refractivity contribution is 5.85. The Kier molecular flexibility index (Phi) is 6.12. The molecule has 1 aromatic heterocycles. The minimum atomic E-state index is -1.12. The van der Waals surface area contributed by atoms with Crippen molar-refractivity contribution in [1.82, 2.24) is 15.1 Å². The number of esters is 1. The fraction of sp³-hybridized carbons (Fsp3) is 0.385. The van der Waals surface area contributed by atoms with E-state index in [9.17, 15) is 14.4 Å². The van der Waals surface area contributed by atoms with Crippen LogP contribution < -0.4 is 5.32 Å². The number of hydrogen-bond acceptors (Lipinski definition) is 5. The molecule has 0 radical (unpaired) electrons. The number of carbonyl (C=O) groups excluding carboxylic acids is 2. The number of aryl methyl sites for hydroxylation is 1. The molecule has 1 rings (SSSR count). The Morgan fingerprint density at radius 2 is 2.19 bits per heavy atom. The average Bonchev–Trinajstić information content (AvgIpc) is 2.85. The number of aromatic nitrogens is 2. The zero-order valence-electron chi connectivity index (χ0n) is 11.8. The molecular weight excluding hydrogens is 278 g/mol. The van der Waals surface area contributed by atoms with Crippen LogP contribution in [0, 0.1) is 0 Å². The Balaban J connectivity index is 2.43. The maximum atomic E-state index is 11.6. The third-order valence-electron chi connectivity index (χ3n) is 2.39. The molecule has 0 aliphatic carbocycles. The van der Waals surface area contributed by atoms with Crippen LogP contribution in [0.3, 0.4) is 0 Å². The lowest BCUT2D eigenvalue weighted by Gasteiger charge is -2.05. The van der Waals surface area contributed by atoms with Crippen LogP contribution in [0.4, 0.5) is 0 Å². The van der Waals surface area contributed by atoms with Gasteiger partial charge >= 0.3 is 11.9 Å². The van der Waals surface area contributed by atoms with Crippen molar-refractivity contribution in [3.05, 3.63) is 29.7 Å². The van der Waals surface area contributed by atoms with Crippen LogP contribution in [0.2, 0.25) is 0 Å². The summed E-state index contributed by atoms with van der Waals surface area (Å²) in [6, 6.07) is 1.35. The number of carboxylic acid groups (broad SMARTS) is 1. The minimum Gasteiger partial charge on any atom is -0.476 e. The zero-order chi connectivity index (χ0) is 15.8. The summed E-state index contributed by atoms with van der Waals surface area (Å²) in [5.41, 5.74) is 0.305. The summed E-state index contributed by atoms with van der Waals surface area (Å²) in [5.74, 6) is -1.94. The molecule has 0 saturated carbocycles. The van der Waals surface area contributed by atoms with Gasteiger partial charge in [-0.05, 0) is 19.9 Å². The van der Waals surface area contributed by atoms with E-state index in [1.165, 1.54) is 23.0 Å². The van der Waals surface area contributed by atoms with E-state index in [4.69, 9.17) is 9.84 Å². The van der Waals surface area contributed by atoms with Crippen molar-refractivity contribution in [2.24, 2.45) is 0 Å². The monoisotopic (exact) mass is 295 g/mol. The number of carboxylic acids is 1. The Morgan fingerprint density at radius 1 is 1.48 bits per heavy atom. The van der Waals surface area contributed by atoms with Gasteiger partial charge < -0.3 is 15.2 Å². The molecule has 8 nitrogen and oxygen atoms in total. The molecule has 0 atom stereocenters. The first-order valence-corrected chi connectivity index (χ1v) is 6.34. The van der Waals surface area contributed by atoms with E-state index in [0.29, 0.717) is 5.70 Å². The number of ether oxygens (including phenoxy) is 1. The van der Waals surface area contributed by atoms with Crippen LogP contribution >= 0.6 is 0 Å². The van der Waals surface area contributed by atoms with Crippen LogP contribution in [-0.4, -0.2) is 39.3 Å². The molecule has 0 bridgehead atoms. The number of amides is 1. The number of hydrogen-bond donors (Lipinski definition) is 2. The van der Waals surface area contributed by atoms with Gasteiger partial charge in [-0.3, -0.25) is 9.48 Å². The summed E-state index contributed by atoms with van der Waals surface area (Å²) in [7, 11) is 0. The number of nitrogens with one attached hydrogen (secondary N) is 1. The van der Waals surface area contributed by atoms with E-state index >= 15 is 0 Å². The van der Waals surface area contributed by atoms with Gasteiger partial charge in [0.25, 0.3) is 0 Å². The number of aromatic carboxylic acids is 1. The van der Waals surface area contributed by atoms with Gasteiger partial charge in [0.05, 0.1) is 6.61 Å². The van der Waals surface area contributed by atoms with Gasteiger partial charge in [-0.15, -0.1) is 0 Å². The van der Waals surface area contributed by atoms with Gasteiger partial charge in [-0.2, -0.15) is 5.10 Å². The second kappa shape index (κ2) is 7.83. The molecule has 0 spiro atoms. The van der Waals surface area contributed by atoms with Gasteiger partial charge in [0, 0.05) is 30.9 Å². The molecule has 114 valence electrons. The van der Waals surface area contributed by atoms with Crippen molar-refractivity contribution in [3.63, 3.8) is 0 Å². The molecule has 8 heteroatoms. The summed E-state index contributed by atoms with van der Waals surface area (Å²) in [5, 5.41) is 15.0. The Labute approximate surface area is 121 Å². The molecule has 0 unspecified atom stereocenters. The van der Waals surface area contributed by atoms with E-state index in [0.717, 1.165) is 0 Å². The van der Waals surface area contributed by atoms with Crippen molar-refractivity contribution in [1.29, 1.82) is 0 Å². The molecule has 0 fully saturated rings. The van der Waals surface area contributed by atoms with Crippen molar-refractivity contribution in [2.75, 3.05) is 6.61 Å². The molecule has 0 aliphatic rings. The third-order valence-corrected chi connectivity index (χ3v) is 2.39. The smallest absolute Gasteiger partial charge is 0.356 e. The summed E-state index contributed by atoms with van der Waals surface area (Å²) in [6.07, 6.45) is 2.78. The molecule has 0 aliphatic heterocycles. The van der Waals surface area contributed by atoms with Crippen LogP contribution in [0.25, 0.3) is 0 Å². The van der Waals surface area contributed by atoms with Gasteiger partial charge in [0.1, 0.15) is 0 Å². The quantitative estimate of drug-likeness (QED) is 0.561. The van der Waals surface area contributed by atoms with Crippen molar-refractivity contribution in [2.45, 2.75) is 26.8 Å². The average molecular weight is 295 g/mol. The minimum absolute atomic E-state index is 0.0752. The van der Waals surface area contributed by atoms with Gasteiger partial charge in [0.15, 0.2) is 5.69 Å². The topological polar surface area (TPSA) is 111 Å². The third kappa shape index (κ3) is 5.89. The maximum absolute atomic E-state index is 11.6. The predicted molar refractivity (Wildman–Crippen MR) is 72.3 cm³/mol. The Morgan fingerprint density at radius 3 is 2.76 bits per heavy atom. The number of allylic oxidation sites excluding steroid dienone is 1. The molecule has 1 heterocycles. The summed E-state index contributed by atoms with van der Waals surface area (Å²) in [6.45, 7) is 3.77. The molecule has 0 aromatic carbocycles. The largest absolute Gasteiger partial charge is 0.476 e. The highest BCUT2D eigenvalue weighted by Crippen LogP contribution is 1.98. The van der Waals surface area contributed by atoms with Gasteiger partial charge in [-0.25, -0.2) is 9.59 Å². The SMILES string of the molecule is CCOC(=O)/C=C(\C)NC(=O)CCn1ccc(C(=O)O)n1. The number of rotatable bonds is 7. The van der Waals surface area contributed by atoms with Crippen molar-refractivity contribution < 1.29 is 24.2 Å². The highest BCUT2D eigenvalue weighted by Gasteiger charge is 2.08. The van der Waals surface area contributed by atoms with E-state index in [1.54, 1.807) is 13.8 Å². The van der Waals surface area contributed by atoms with E-state index < -0.39 is 11.9 Å². The number of nitrogens with zero attached hydrogens (tertiary/aromatic N) is 2. The van der Waals surface area contributed by atoms with E-state index in [1.807, 2.05) is 0 Å². The fourth-order valence-corrected chi connectivity index (χ4v) is 1.50. The second-order valence-electron chi connectivity index (χ2n) is 4.15. The number of carbonyl (C=O) groups is 3. The maximum Gasteiger partial charge on any atom is 0.356 e. The first-order valence-electron chi connectivity index (χ1n) is 6.34. The standard InChI is InChI=1S/C13H17N3O5/c1-3-21-12(18)8-9(2)14-11(17)5-7-16-6-4-10(15-16)13(19)20/h4,6,8H,3,5,7H2,1-2H3,(H,14,17)(H,19,20)/b9-8+. The Bertz CT molecular complexity index is 562. The summed E-state index contributed by atoms with van der Waals surface area (Å²) >= 11 is 0. The molecule has 0 saturated heterocycles. The lowest BCUT2D eigenvalue weighted by Crippen LogP contribution is -2.23. The Hall–Kier alpha value is -2.64. The molecule has 2 N–H and O–H groups in total. The summed E-state index contributed by atoms with van der Waals surface area (Å²) < 4.78 is 6.08. The fourth-order valence-electron chi connectivity index (χ4n) is 1.50. The first kappa shape index (κ1) is 16.4. The van der Waals surface area contributed by atoms with Crippen LogP contribution in [0.1, 0.15) is 30.8 Å². The van der Waals surface area contributed by atoms with Gasteiger partial charge in [0.2, 0.25) is 5.91 Å². The van der Waals surface area contributed by atoms with E-state index in [2.05, 4.69) is 10.4 Å². The first-order chi connectivity index (χ1) is 9.92. The molecule has 1 amide bonds. The molecular formula is C13H17N3O5. The molecule has 21 heavy (non-hydrogen) atoms. The predicted octanol–water partition coefficient (Wildman–Crippen LogP) is 0.554. The lowest BCUT2D eigenvalue weighted by atomic mass is 10.3. The zero-order valence-corrected chi connectivity index (χ0v) is 11.8. The van der Waals surface area contributed by atoms with E-state index in [-0.39, 0.29) is 31.2 Å². The normalized spacial score (nSPS) is 11.0.